The maximum atomic E-state index is 12.5. The van der Waals surface area contributed by atoms with Crippen molar-refractivity contribution in [2.45, 2.75) is 26.7 Å². The summed E-state index contributed by atoms with van der Waals surface area (Å²) < 4.78 is 32.7. The van der Waals surface area contributed by atoms with Crippen molar-refractivity contribution in [2.24, 2.45) is 4.40 Å². The fourth-order valence-electron chi connectivity index (χ4n) is 2.90. The van der Waals surface area contributed by atoms with Gasteiger partial charge in [0.15, 0.2) is 5.84 Å². The van der Waals surface area contributed by atoms with Crippen LogP contribution >= 0.6 is 0 Å². The number of sulfonamides is 1. The normalized spacial score (nSPS) is 18.5. The predicted octanol–water partition coefficient (Wildman–Crippen LogP) is 2.52. The van der Waals surface area contributed by atoms with E-state index in [-0.39, 0.29) is 23.7 Å². The van der Waals surface area contributed by atoms with Gasteiger partial charge in [-0.15, -0.1) is 4.40 Å². The minimum atomic E-state index is -3.55. The zero-order valence-corrected chi connectivity index (χ0v) is 15.2. The Balaban J connectivity index is 1.86. The average molecular weight is 360 g/mol. The number of carbonyl (C=O) groups is 1. The van der Waals surface area contributed by atoms with Crippen molar-refractivity contribution >= 4 is 21.8 Å². The number of hydrogen-bond acceptors (Lipinski definition) is 5. The van der Waals surface area contributed by atoms with Crippen molar-refractivity contribution in [3.05, 3.63) is 53.3 Å². The SMILES string of the molecule is Cc1cc(OC(=O)C2=CC=CN3CCS(=O)(=O)N=C23)ccc1C(C)C. The molecule has 0 aliphatic carbocycles. The minimum absolute atomic E-state index is 0.0704. The highest BCUT2D eigenvalue weighted by Crippen LogP contribution is 2.25. The second kappa shape index (κ2) is 6.48. The molecule has 2 aliphatic heterocycles. The summed E-state index contributed by atoms with van der Waals surface area (Å²) >= 11 is 0. The van der Waals surface area contributed by atoms with E-state index in [1.807, 2.05) is 19.1 Å². The zero-order valence-electron chi connectivity index (χ0n) is 14.4. The first-order valence-electron chi connectivity index (χ1n) is 8.08. The van der Waals surface area contributed by atoms with Crippen LogP contribution in [0.1, 0.15) is 30.9 Å². The first kappa shape index (κ1) is 17.4. The largest absolute Gasteiger partial charge is 0.423 e. The van der Waals surface area contributed by atoms with Crippen LogP contribution in [0.4, 0.5) is 0 Å². The number of esters is 1. The molecule has 0 unspecified atom stereocenters. The number of rotatable bonds is 3. The molecule has 25 heavy (non-hydrogen) atoms. The number of ether oxygens (including phenoxy) is 1. The summed E-state index contributed by atoms with van der Waals surface area (Å²) in [5, 5.41) is 0. The van der Waals surface area contributed by atoms with Gasteiger partial charge < -0.3 is 9.64 Å². The van der Waals surface area contributed by atoms with E-state index in [1.54, 1.807) is 23.2 Å². The standard InChI is InChI=1S/C18H20N2O4S/c1-12(2)15-7-6-14(11-13(15)3)24-18(21)16-5-4-8-20-9-10-25(22,23)19-17(16)20/h4-8,11-12H,9-10H2,1-3H3. The quantitative estimate of drug-likeness (QED) is 0.611. The van der Waals surface area contributed by atoms with E-state index in [2.05, 4.69) is 18.2 Å². The lowest BCUT2D eigenvalue weighted by atomic mass is 9.98. The first-order chi connectivity index (χ1) is 11.8. The number of amidine groups is 1. The van der Waals surface area contributed by atoms with Gasteiger partial charge in [0.25, 0.3) is 10.0 Å². The van der Waals surface area contributed by atoms with E-state index in [4.69, 9.17) is 4.74 Å². The highest BCUT2D eigenvalue weighted by Gasteiger charge is 2.31. The summed E-state index contributed by atoms with van der Waals surface area (Å²) in [7, 11) is -3.55. The smallest absolute Gasteiger partial charge is 0.347 e. The maximum Gasteiger partial charge on any atom is 0.347 e. The minimum Gasteiger partial charge on any atom is -0.423 e. The highest BCUT2D eigenvalue weighted by molar-refractivity contribution is 7.90. The Kier molecular flexibility index (Phi) is 4.51. The lowest BCUT2D eigenvalue weighted by Crippen LogP contribution is -2.40. The average Bonchev–Trinajstić information content (AvgIpc) is 2.53. The molecule has 6 nitrogen and oxygen atoms in total. The Morgan fingerprint density at radius 1 is 1.32 bits per heavy atom. The number of nitrogens with zero attached hydrogens (tertiary/aromatic N) is 2. The summed E-state index contributed by atoms with van der Waals surface area (Å²) in [5.74, 6) is 0.231. The third kappa shape index (κ3) is 3.66. The van der Waals surface area contributed by atoms with Crippen LogP contribution in [0.2, 0.25) is 0 Å². The Labute approximate surface area is 147 Å². The number of carbonyl (C=O) groups excluding carboxylic acids is 1. The first-order valence-corrected chi connectivity index (χ1v) is 9.68. The van der Waals surface area contributed by atoms with Gasteiger partial charge in [-0.25, -0.2) is 13.2 Å². The maximum absolute atomic E-state index is 12.5. The molecule has 1 aromatic rings. The number of fused-ring (bicyclic) bond motifs is 1. The fourth-order valence-corrected chi connectivity index (χ4v) is 3.88. The molecule has 1 aromatic carbocycles. The van der Waals surface area contributed by atoms with Crippen LogP contribution in [-0.2, 0) is 14.8 Å². The van der Waals surface area contributed by atoms with Crippen LogP contribution < -0.4 is 4.74 Å². The molecule has 2 heterocycles. The summed E-state index contributed by atoms with van der Waals surface area (Å²) in [5.41, 5.74) is 2.36. The monoisotopic (exact) mass is 360 g/mol. The number of aryl methyl sites for hydroxylation is 1. The molecular weight excluding hydrogens is 340 g/mol. The lowest BCUT2D eigenvalue weighted by molar-refractivity contribution is -0.129. The van der Waals surface area contributed by atoms with Gasteiger partial charge in [0.05, 0.1) is 5.75 Å². The van der Waals surface area contributed by atoms with Gasteiger partial charge >= 0.3 is 5.97 Å². The molecule has 0 N–H and O–H groups in total. The van der Waals surface area contributed by atoms with Crippen LogP contribution in [0.5, 0.6) is 5.75 Å². The molecule has 0 saturated heterocycles. The number of hydrogen-bond donors (Lipinski definition) is 0. The van der Waals surface area contributed by atoms with Crippen molar-refractivity contribution in [3.63, 3.8) is 0 Å². The van der Waals surface area contributed by atoms with Crippen LogP contribution in [0.25, 0.3) is 0 Å². The molecule has 0 radical (unpaired) electrons. The van der Waals surface area contributed by atoms with Gasteiger partial charge in [0.2, 0.25) is 0 Å². The molecule has 0 saturated carbocycles. The highest BCUT2D eigenvalue weighted by atomic mass is 32.2. The van der Waals surface area contributed by atoms with E-state index < -0.39 is 16.0 Å². The Hall–Kier alpha value is -2.41. The molecule has 0 fully saturated rings. The van der Waals surface area contributed by atoms with E-state index >= 15 is 0 Å². The second-order valence-electron chi connectivity index (χ2n) is 6.38. The van der Waals surface area contributed by atoms with Gasteiger partial charge in [-0.05, 0) is 48.3 Å². The summed E-state index contributed by atoms with van der Waals surface area (Å²) in [6, 6.07) is 5.49. The van der Waals surface area contributed by atoms with Crippen LogP contribution in [0.3, 0.4) is 0 Å². The van der Waals surface area contributed by atoms with Crippen molar-refractivity contribution in [3.8, 4) is 5.75 Å². The van der Waals surface area contributed by atoms with Gasteiger partial charge in [0.1, 0.15) is 11.3 Å². The van der Waals surface area contributed by atoms with Crippen LogP contribution in [0, 0.1) is 6.92 Å². The second-order valence-corrected chi connectivity index (χ2v) is 8.13. The van der Waals surface area contributed by atoms with E-state index in [0.717, 1.165) is 5.56 Å². The Morgan fingerprint density at radius 3 is 2.76 bits per heavy atom. The third-order valence-electron chi connectivity index (χ3n) is 4.15. The summed E-state index contributed by atoms with van der Waals surface area (Å²) in [6.07, 6.45) is 4.90. The number of benzene rings is 1. The molecule has 0 atom stereocenters. The molecule has 132 valence electrons. The van der Waals surface area contributed by atoms with E-state index in [1.165, 1.54) is 11.6 Å². The van der Waals surface area contributed by atoms with Crippen molar-refractivity contribution in [2.75, 3.05) is 12.3 Å². The van der Waals surface area contributed by atoms with Crippen LogP contribution in [0.15, 0.2) is 46.5 Å². The lowest BCUT2D eigenvalue weighted by Gasteiger charge is -2.28. The van der Waals surface area contributed by atoms with Gasteiger partial charge in [-0.3, -0.25) is 0 Å². The topological polar surface area (TPSA) is 76.0 Å². The van der Waals surface area contributed by atoms with E-state index in [0.29, 0.717) is 11.7 Å². The molecule has 0 spiro atoms. The molecule has 7 heteroatoms. The van der Waals surface area contributed by atoms with Gasteiger partial charge in [-0.2, -0.15) is 0 Å². The molecular formula is C18H20N2O4S. The molecule has 3 rings (SSSR count). The number of allylic oxidation sites excluding steroid dienone is 2. The summed E-state index contributed by atoms with van der Waals surface area (Å²) in [4.78, 5) is 14.2. The van der Waals surface area contributed by atoms with Gasteiger partial charge in [0, 0.05) is 12.7 Å². The summed E-state index contributed by atoms with van der Waals surface area (Å²) in [6.45, 7) is 6.44. The van der Waals surface area contributed by atoms with Crippen molar-refractivity contribution in [1.82, 2.24) is 4.90 Å². The molecule has 0 amide bonds. The predicted molar refractivity (Wildman–Crippen MR) is 96.1 cm³/mol. The molecule has 2 aliphatic rings. The zero-order chi connectivity index (χ0) is 18.2. The van der Waals surface area contributed by atoms with Crippen LogP contribution in [-0.4, -0.2) is 37.4 Å². The fraction of sp³-hybridized carbons (Fsp3) is 0.333. The van der Waals surface area contributed by atoms with E-state index in [9.17, 15) is 13.2 Å². The van der Waals surface area contributed by atoms with Gasteiger partial charge in [-0.1, -0.05) is 19.9 Å². The third-order valence-corrected chi connectivity index (χ3v) is 5.30. The molecule has 0 bridgehead atoms. The Morgan fingerprint density at radius 2 is 2.08 bits per heavy atom. The van der Waals surface area contributed by atoms with Crippen molar-refractivity contribution in [1.29, 1.82) is 0 Å². The van der Waals surface area contributed by atoms with Crippen molar-refractivity contribution < 1.29 is 17.9 Å². The molecule has 0 aromatic heterocycles. The Bertz CT molecular complexity index is 911.